The van der Waals surface area contributed by atoms with Crippen LogP contribution in [-0.4, -0.2) is 52.9 Å². The van der Waals surface area contributed by atoms with Crippen molar-refractivity contribution in [2.24, 2.45) is 0 Å². The number of allylic oxidation sites excluding steroid dienone is 1. The highest BCUT2D eigenvalue weighted by Crippen LogP contribution is 2.26. The molecule has 0 aliphatic heterocycles. The summed E-state index contributed by atoms with van der Waals surface area (Å²) in [5.41, 5.74) is 2.30. The van der Waals surface area contributed by atoms with Gasteiger partial charge in [0.05, 0.1) is 17.6 Å². The van der Waals surface area contributed by atoms with Crippen molar-refractivity contribution in [2.75, 3.05) is 27.2 Å². The molecule has 3 rings (SSSR count). The molecule has 0 spiro atoms. The number of carbonyl (C=O) groups excluding carboxylic acids is 1. The molecule has 3 aromatic rings. The Balaban J connectivity index is 1.77. The van der Waals surface area contributed by atoms with E-state index in [4.69, 9.17) is 4.74 Å². The molecule has 0 fully saturated rings. The van der Waals surface area contributed by atoms with Crippen molar-refractivity contribution in [3.8, 4) is 5.88 Å². The van der Waals surface area contributed by atoms with Gasteiger partial charge in [0.1, 0.15) is 12.0 Å². The van der Waals surface area contributed by atoms with E-state index in [1.807, 2.05) is 43.3 Å². The van der Waals surface area contributed by atoms with Crippen LogP contribution in [-0.2, 0) is 6.42 Å². The number of aromatic nitrogens is 3. The van der Waals surface area contributed by atoms with Crippen LogP contribution in [0.2, 0.25) is 0 Å². The van der Waals surface area contributed by atoms with Gasteiger partial charge in [-0.3, -0.25) is 4.79 Å². The summed E-state index contributed by atoms with van der Waals surface area (Å²) < 4.78 is 5.86. The number of H-pyrrole nitrogens is 1. The lowest BCUT2D eigenvalue weighted by atomic mass is 10.1. The molecule has 0 saturated carbocycles. The van der Waals surface area contributed by atoms with Gasteiger partial charge in [-0.1, -0.05) is 36.4 Å². The molecule has 0 amide bonds. The van der Waals surface area contributed by atoms with Crippen LogP contribution in [0.5, 0.6) is 5.88 Å². The van der Waals surface area contributed by atoms with Crippen LogP contribution in [0.4, 0.5) is 0 Å². The number of nitrogens with zero attached hydrogens (tertiary/aromatic N) is 3. The summed E-state index contributed by atoms with van der Waals surface area (Å²) in [7, 11) is 3.90. The van der Waals surface area contributed by atoms with Gasteiger partial charge in [0, 0.05) is 19.2 Å². The molecule has 1 aromatic carbocycles. The fourth-order valence-electron chi connectivity index (χ4n) is 2.61. The fourth-order valence-corrected chi connectivity index (χ4v) is 2.61. The molecular formula is C20H22N4O2. The van der Waals surface area contributed by atoms with Crippen LogP contribution < -0.4 is 4.74 Å². The Bertz CT molecular complexity index is 901. The lowest BCUT2D eigenvalue weighted by molar-refractivity contribution is 0.104. The fraction of sp³-hybridized carbons (Fsp3) is 0.250. The van der Waals surface area contributed by atoms with E-state index in [2.05, 4.69) is 27.1 Å². The van der Waals surface area contributed by atoms with Gasteiger partial charge in [-0.2, -0.15) is 0 Å². The molecule has 0 aliphatic rings. The van der Waals surface area contributed by atoms with Crippen molar-refractivity contribution in [3.63, 3.8) is 0 Å². The third-order valence-corrected chi connectivity index (χ3v) is 3.91. The summed E-state index contributed by atoms with van der Waals surface area (Å²) in [6, 6.07) is 10.1. The first-order valence-electron chi connectivity index (χ1n) is 8.49. The Morgan fingerprint density at radius 3 is 2.81 bits per heavy atom. The molecule has 6 nitrogen and oxygen atoms in total. The number of ketones is 1. The Morgan fingerprint density at radius 2 is 2.04 bits per heavy atom. The molecule has 0 unspecified atom stereocenters. The number of aromatic amines is 1. The minimum atomic E-state index is -0.0965. The van der Waals surface area contributed by atoms with Crippen LogP contribution in [0.3, 0.4) is 0 Å². The van der Waals surface area contributed by atoms with E-state index in [0.717, 1.165) is 6.42 Å². The third kappa shape index (κ3) is 4.34. The van der Waals surface area contributed by atoms with Crippen LogP contribution >= 0.6 is 0 Å². The maximum absolute atomic E-state index is 12.5. The van der Waals surface area contributed by atoms with Crippen molar-refractivity contribution in [2.45, 2.75) is 6.42 Å². The molecule has 0 radical (unpaired) electrons. The largest absolute Gasteiger partial charge is 0.477 e. The van der Waals surface area contributed by atoms with E-state index in [9.17, 15) is 4.79 Å². The van der Waals surface area contributed by atoms with Crippen molar-refractivity contribution in [3.05, 3.63) is 66.1 Å². The number of hydrogen-bond acceptors (Lipinski definition) is 5. The smallest absolute Gasteiger partial charge is 0.226 e. The molecule has 134 valence electrons. The zero-order chi connectivity index (χ0) is 18.4. The number of nitrogens with one attached hydrogen (secondary N) is 1. The zero-order valence-electron chi connectivity index (χ0n) is 15.0. The number of likely N-dealkylation sites (N-methyl/N-ethyl adjacent to an activating group) is 1. The maximum Gasteiger partial charge on any atom is 0.226 e. The first-order chi connectivity index (χ1) is 12.6. The first kappa shape index (κ1) is 17.8. The molecule has 1 N–H and O–H groups in total. The van der Waals surface area contributed by atoms with E-state index in [1.54, 1.807) is 12.3 Å². The maximum atomic E-state index is 12.5. The number of ether oxygens (including phenoxy) is 1. The van der Waals surface area contributed by atoms with Crippen LogP contribution in [0.1, 0.15) is 15.9 Å². The molecule has 2 aromatic heterocycles. The summed E-state index contributed by atoms with van der Waals surface area (Å²) >= 11 is 0. The standard InChI is InChI=1S/C20H22N4O2/c1-24(2)11-6-9-17(25)16-13-21-19-18(16)20(23-14-22-19)26-12-10-15-7-4-3-5-8-15/h3-9,13-14H,10-12H2,1-2H3,(H,21,22,23)/b9-6+. The molecule has 26 heavy (non-hydrogen) atoms. The van der Waals surface area contributed by atoms with Crippen molar-refractivity contribution >= 4 is 16.8 Å². The highest BCUT2D eigenvalue weighted by molar-refractivity contribution is 6.13. The highest BCUT2D eigenvalue weighted by atomic mass is 16.5. The van der Waals surface area contributed by atoms with Gasteiger partial charge in [-0.25, -0.2) is 9.97 Å². The van der Waals surface area contributed by atoms with Gasteiger partial charge < -0.3 is 14.6 Å². The summed E-state index contributed by atoms with van der Waals surface area (Å²) in [4.78, 5) is 25.9. The molecule has 0 atom stereocenters. The first-order valence-corrected chi connectivity index (χ1v) is 8.49. The Labute approximate surface area is 152 Å². The van der Waals surface area contributed by atoms with Gasteiger partial charge in [0.25, 0.3) is 0 Å². The normalized spacial score (nSPS) is 11.5. The third-order valence-electron chi connectivity index (χ3n) is 3.91. The molecular weight excluding hydrogens is 328 g/mol. The van der Waals surface area contributed by atoms with E-state index < -0.39 is 0 Å². The van der Waals surface area contributed by atoms with Crippen LogP contribution in [0.25, 0.3) is 11.0 Å². The Morgan fingerprint density at radius 1 is 1.23 bits per heavy atom. The van der Waals surface area contributed by atoms with E-state index in [-0.39, 0.29) is 5.78 Å². The second kappa shape index (κ2) is 8.40. The van der Waals surface area contributed by atoms with E-state index in [1.165, 1.54) is 11.9 Å². The van der Waals surface area contributed by atoms with Gasteiger partial charge in [-0.15, -0.1) is 0 Å². The SMILES string of the molecule is CN(C)C/C=C/C(=O)c1c[nH]c2ncnc(OCCc3ccccc3)c12. The summed E-state index contributed by atoms with van der Waals surface area (Å²) in [5.74, 6) is 0.331. The Kier molecular flexibility index (Phi) is 5.76. The van der Waals surface area contributed by atoms with Crippen molar-refractivity contribution in [1.29, 1.82) is 0 Å². The highest BCUT2D eigenvalue weighted by Gasteiger charge is 2.16. The average molecular weight is 350 g/mol. The Hall–Kier alpha value is -2.99. The predicted molar refractivity (Wildman–Crippen MR) is 102 cm³/mol. The second-order valence-electron chi connectivity index (χ2n) is 6.22. The average Bonchev–Trinajstić information content (AvgIpc) is 3.07. The predicted octanol–water partition coefficient (Wildman–Crippen LogP) is 2.88. The minimum absolute atomic E-state index is 0.0965. The molecule has 0 bridgehead atoms. The summed E-state index contributed by atoms with van der Waals surface area (Å²) in [5, 5.41) is 0.625. The molecule has 2 heterocycles. The van der Waals surface area contributed by atoms with Crippen LogP contribution in [0, 0.1) is 0 Å². The topological polar surface area (TPSA) is 71.1 Å². The number of carbonyl (C=O) groups is 1. The quantitative estimate of drug-likeness (QED) is 0.500. The van der Waals surface area contributed by atoms with Crippen LogP contribution in [0.15, 0.2) is 55.0 Å². The van der Waals surface area contributed by atoms with E-state index in [0.29, 0.717) is 35.6 Å². The van der Waals surface area contributed by atoms with Crippen molar-refractivity contribution < 1.29 is 9.53 Å². The zero-order valence-corrected chi connectivity index (χ0v) is 15.0. The summed E-state index contributed by atoms with van der Waals surface area (Å²) in [6.07, 6.45) is 7.27. The lowest BCUT2D eigenvalue weighted by Gasteiger charge is -2.07. The van der Waals surface area contributed by atoms with Gasteiger partial charge >= 0.3 is 0 Å². The second-order valence-corrected chi connectivity index (χ2v) is 6.22. The minimum Gasteiger partial charge on any atom is -0.477 e. The van der Waals surface area contributed by atoms with Crippen molar-refractivity contribution in [1.82, 2.24) is 19.9 Å². The summed E-state index contributed by atoms with van der Waals surface area (Å²) in [6.45, 7) is 1.18. The number of fused-ring (bicyclic) bond motifs is 1. The number of rotatable bonds is 8. The monoisotopic (exact) mass is 350 g/mol. The lowest BCUT2D eigenvalue weighted by Crippen LogP contribution is -2.11. The van der Waals surface area contributed by atoms with Gasteiger partial charge in [-0.05, 0) is 25.7 Å². The molecule has 6 heteroatoms. The number of hydrogen-bond donors (Lipinski definition) is 1. The molecule has 0 aliphatic carbocycles. The number of benzene rings is 1. The van der Waals surface area contributed by atoms with E-state index >= 15 is 0 Å². The van der Waals surface area contributed by atoms with Gasteiger partial charge in [0.15, 0.2) is 5.78 Å². The van der Waals surface area contributed by atoms with Gasteiger partial charge in [0.2, 0.25) is 5.88 Å². The molecule has 0 saturated heterocycles.